The minimum absolute atomic E-state index is 0.0121. The number of nitrogens with zero attached hydrogens (tertiary/aromatic N) is 2. The van der Waals surface area contributed by atoms with Crippen molar-refractivity contribution in [2.75, 3.05) is 5.32 Å². The molecule has 1 unspecified atom stereocenters. The lowest BCUT2D eigenvalue weighted by Crippen LogP contribution is -2.28. The Hall–Kier alpha value is -2.22. The highest BCUT2D eigenvalue weighted by Gasteiger charge is 2.32. The van der Waals surface area contributed by atoms with Crippen LogP contribution in [0.3, 0.4) is 0 Å². The Morgan fingerprint density at radius 3 is 2.67 bits per heavy atom. The molecule has 2 fully saturated rings. The fourth-order valence-corrected chi connectivity index (χ4v) is 4.14. The zero-order chi connectivity index (χ0) is 19.2. The minimum Gasteiger partial charge on any atom is -0.326 e. The van der Waals surface area contributed by atoms with Crippen LogP contribution in [0.4, 0.5) is 10.1 Å². The van der Waals surface area contributed by atoms with Crippen LogP contribution in [-0.2, 0) is 9.59 Å². The van der Waals surface area contributed by atoms with Gasteiger partial charge in [0, 0.05) is 17.8 Å². The van der Waals surface area contributed by atoms with Gasteiger partial charge in [0.2, 0.25) is 11.8 Å². The monoisotopic (exact) mass is 390 g/mol. The van der Waals surface area contributed by atoms with Crippen LogP contribution in [0.25, 0.3) is 0 Å². The van der Waals surface area contributed by atoms with Crippen LogP contribution in [0, 0.1) is 11.7 Å². The number of rotatable bonds is 5. The molecule has 8 heteroatoms. The molecule has 0 aromatic heterocycles. The zero-order valence-corrected chi connectivity index (χ0v) is 16.0. The topological polar surface area (TPSA) is 82.9 Å². The van der Waals surface area contributed by atoms with Crippen molar-refractivity contribution in [1.29, 1.82) is 0 Å². The summed E-state index contributed by atoms with van der Waals surface area (Å²) in [5.74, 6) is -0.456. The Labute approximate surface area is 162 Å². The molecule has 1 saturated heterocycles. The molecule has 1 aromatic carbocycles. The summed E-state index contributed by atoms with van der Waals surface area (Å²) in [4.78, 5) is 24.2. The van der Waals surface area contributed by atoms with Crippen LogP contribution >= 0.6 is 11.8 Å². The van der Waals surface area contributed by atoms with Crippen molar-refractivity contribution in [3.63, 3.8) is 0 Å². The summed E-state index contributed by atoms with van der Waals surface area (Å²) < 4.78 is 12.9. The third kappa shape index (κ3) is 5.63. The summed E-state index contributed by atoms with van der Waals surface area (Å²) in [7, 11) is 0. The van der Waals surface area contributed by atoms with Crippen LogP contribution in [0.5, 0.6) is 0 Å². The third-order valence-electron chi connectivity index (χ3n) is 4.77. The lowest BCUT2D eigenvalue weighted by Gasteiger charge is -2.20. The van der Waals surface area contributed by atoms with Crippen molar-refractivity contribution in [1.82, 2.24) is 5.32 Å². The van der Waals surface area contributed by atoms with Crippen molar-refractivity contribution in [3.8, 4) is 0 Å². The van der Waals surface area contributed by atoms with Crippen LogP contribution in [0.15, 0.2) is 34.5 Å². The molecule has 2 aliphatic rings. The van der Waals surface area contributed by atoms with Gasteiger partial charge < -0.3 is 10.6 Å². The Morgan fingerprint density at radius 2 is 1.96 bits per heavy atom. The smallest absolute Gasteiger partial charge is 0.240 e. The fourth-order valence-electron chi connectivity index (χ4n) is 3.23. The molecular weight excluding hydrogens is 367 g/mol. The number of hydrogen-bond donors (Lipinski definition) is 2. The molecular formula is C19H23FN4O2S. The number of carbonyl (C=O) groups is 2. The van der Waals surface area contributed by atoms with Gasteiger partial charge in [-0.15, -0.1) is 5.10 Å². The van der Waals surface area contributed by atoms with Crippen LogP contribution in [0.2, 0.25) is 0 Å². The first-order valence-electron chi connectivity index (χ1n) is 9.16. The van der Waals surface area contributed by atoms with Crippen molar-refractivity contribution >= 4 is 40.1 Å². The molecule has 3 rings (SSSR count). The second-order valence-corrected chi connectivity index (χ2v) is 8.03. The van der Waals surface area contributed by atoms with Gasteiger partial charge in [0.1, 0.15) is 11.1 Å². The van der Waals surface area contributed by atoms with Gasteiger partial charge in [-0.05, 0) is 49.9 Å². The largest absolute Gasteiger partial charge is 0.326 e. The van der Waals surface area contributed by atoms with E-state index in [1.165, 1.54) is 55.3 Å². The van der Waals surface area contributed by atoms with E-state index in [0.29, 0.717) is 16.8 Å². The molecule has 6 nitrogen and oxygen atoms in total. The summed E-state index contributed by atoms with van der Waals surface area (Å²) in [6.45, 7) is 1.98. The van der Waals surface area contributed by atoms with Crippen molar-refractivity contribution < 1.29 is 14.0 Å². The lowest BCUT2D eigenvalue weighted by molar-refractivity contribution is -0.122. The van der Waals surface area contributed by atoms with Gasteiger partial charge in [-0.2, -0.15) is 5.10 Å². The van der Waals surface area contributed by atoms with Crippen molar-refractivity contribution in [2.24, 2.45) is 16.1 Å². The van der Waals surface area contributed by atoms with Gasteiger partial charge in [-0.25, -0.2) is 4.39 Å². The quantitative estimate of drug-likeness (QED) is 0.594. The van der Waals surface area contributed by atoms with E-state index in [1.54, 1.807) is 0 Å². The number of amidine groups is 1. The number of halogens is 1. The van der Waals surface area contributed by atoms with Gasteiger partial charge in [0.15, 0.2) is 5.17 Å². The Morgan fingerprint density at radius 1 is 1.26 bits per heavy atom. The van der Waals surface area contributed by atoms with E-state index in [-0.39, 0.29) is 24.1 Å². The molecule has 0 bridgehead atoms. The van der Waals surface area contributed by atoms with Crippen molar-refractivity contribution in [2.45, 2.75) is 50.7 Å². The fraction of sp³-hybridized carbons (Fsp3) is 0.474. The van der Waals surface area contributed by atoms with E-state index in [0.717, 1.165) is 18.6 Å². The van der Waals surface area contributed by atoms with Crippen LogP contribution < -0.4 is 10.6 Å². The molecule has 1 aliphatic carbocycles. The number of hydrogen-bond acceptors (Lipinski definition) is 5. The van der Waals surface area contributed by atoms with E-state index < -0.39 is 5.25 Å². The molecule has 0 radical (unpaired) electrons. The molecule has 2 N–H and O–H groups in total. The average molecular weight is 390 g/mol. The normalized spacial score (nSPS) is 22.7. The van der Waals surface area contributed by atoms with E-state index in [2.05, 4.69) is 20.8 Å². The van der Waals surface area contributed by atoms with Crippen molar-refractivity contribution in [3.05, 3.63) is 30.1 Å². The lowest BCUT2D eigenvalue weighted by atomic mass is 9.86. The molecule has 144 valence electrons. The molecule has 1 aliphatic heterocycles. The van der Waals surface area contributed by atoms with Crippen LogP contribution in [-0.4, -0.2) is 27.9 Å². The molecule has 0 spiro atoms. The van der Waals surface area contributed by atoms with Gasteiger partial charge >= 0.3 is 0 Å². The summed E-state index contributed by atoms with van der Waals surface area (Å²) in [5, 5.41) is 13.7. The molecule has 27 heavy (non-hydrogen) atoms. The third-order valence-corrected chi connectivity index (χ3v) is 5.84. The SMILES string of the molecule is C/C(=N\N=C1\NC(=O)C(CC(=O)Nc2ccc(F)cc2)S1)C1CCCCC1. The first kappa shape index (κ1) is 19.5. The van der Waals surface area contributed by atoms with E-state index in [9.17, 15) is 14.0 Å². The number of anilines is 1. The Bertz CT molecular complexity index is 757. The number of nitrogens with one attached hydrogen (secondary N) is 2. The van der Waals surface area contributed by atoms with Gasteiger partial charge in [-0.3, -0.25) is 9.59 Å². The molecule has 1 atom stereocenters. The maximum atomic E-state index is 12.9. The Balaban J connectivity index is 1.53. The highest BCUT2D eigenvalue weighted by Crippen LogP contribution is 2.26. The summed E-state index contributed by atoms with van der Waals surface area (Å²) in [5.41, 5.74) is 1.49. The Kier molecular flexibility index (Phi) is 6.60. The van der Waals surface area contributed by atoms with E-state index in [4.69, 9.17) is 0 Å². The predicted octanol–water partition coefficient (Wildman–Crippen LogP) is 3.70. The number of amides is 2. The first-order valence-corrected chi connectivity index (χ1v) is 10.0. The van der Waals surface area contributed by atoms with Gasteiger partial charge in [0.05, 0.1) is 0 Å². The summed E-state index contributed by atoms with van der Waals surface area (Å²) in [6, 6.07) is 5.49. The average Bonchev–Trinajstić information content (AvgIpc) is 3.01. The van der Waals surface area contributed by atoms with Gasteiger partial charge in [0.25, 0.3) is 0 Å². The minimum atomic E-state index is -0.547. The maximum absolute atomic E-state index is 12.9. The molecule has 1 heterocycles. The zero-order valence-electron chi connectivity index (χ0n) is 15.2. The second kappa shape index (κ2) is 9.12. The highest BCUT2D eigenvalue weighted by atomic mass is 32.2. The molecule has 1 saturated carbocycles. The summed E-state index contributed by atoms with van der Waals surface area (Å²) in [6.07, 6.45) is 6.04. The highest BCUT2D eigenvalue weighted by molar-refractivity contribution is 8.15. The predicted molar refractivity (Wildman–Crippen MR) is 106 cm³/mol. The maximum Gasteiger partial charge on any atom is 0.240 e. The van der Waals surface area contributed by atoms with E-state index in [1.807, 2.05) is 6.92 Å². The number of thioether (sulfide) groups is 1. The molecule has 1 aromatic rings. The second-order valence-electron chi connectivity index (χ2n) is 6.84. The number of benzene rings is 1. The number of carbonyl (C=O) groups excluding carboxylic acids is 2. The van der Waals surface area contributed by atoms with E-state index >= 15 is 0 Å². The first-order chi connectivity index (χ1) is 13.0. The summed E-state index contributed by atoms with van der Waals surface area (Å²) >= 11 is 1.21. The standard InChI is InChI=1S/C19H23FN4O2S/c1-12(13-5-3-2-4-6-13)23-24-19-22-18(26)16(27-19)11-17(25)21-15-9-7-14(20)8-10-15/h7-10,13,16H,2-6,11H2,1H3,(H,21,25)(H,22,24,26)/b23-12+. The van der Waals surface area contributed by atoms with Crippen LogP contribution in [0.1, 0.15) is 45.4 Å². The van der Waals surface area contributed by atoms with Gasteiger partial charge in [-0.1, -0.05) is 31.0 Å². The molecule has 2 amide bonds.